The van der Waals surface area contributed by atoms with Crippen LogP contribution in [0, 0.1) is 22.2 Å². The highest BCUT2D eigenvalue weighted by Crippen LogP contribution is 3.11. The fraction of sp³-hybridized carbons (Fsp3) is 0.500. The fourth-order valence-corrected chi connectivity index (χ4v) is 8.35. The molecule has 1 nitrogen and oxygen atoms in total. The van der Waals surface area contributed by atoms with Crippen molar-refractivity contribution in [3.63, 3.8) is 0 Å². The van der Waals surface area contributed by atoms with Crippen LogP contribution in [-0.2, 0) is 11.0 Å². The second-order valence-electron chi connectivity index (χ2n) is 9.70. The van der Waals surface area contributed by atoms with Crippen LogP contribution < -0.4 is 5.32 Å². The topological polar surface area (TPSA) is 12.0 Å². The van der Waals surface area contributed by atoms with Crippen LogP contribution in [0.1, 0.15) is 45.2 Å². The zero-order valence-corrected chi connectivity index (χ0v) is 15.7. The van der Waals surface area contributed by atoms with Gasteiger partial charge in [-0.25, -0.2) is 0 Å². The number of benzene rings is 1. The molecule has 2 unspecified atom stereocenters. The molecule has 6 atom stereocenters. The minimum absolute atomic E-state index is 0.167. The van der Waals surface area contributed by atoms with Gasteiger partial charge in [-0.3, -0.25) is 0 Å². The van der Waals surface area contributed by atoms with Gasteiger partial charge in [0.15, 0.2) is 0 Å². The zero-order chi connectivity index (χ0) is 17.5. The first kappa shape index (κ1) is 14.6. The van der Waals surface area contributed by atoms with Gasteiger partial charge in [0.2, 0.25) is 0 Å². The first-order valence-electron chi connectivity index (χ1n) is 9.74. The maximum atomic E-state index is 4.68. The summed E-state index contributed by atoms with van der Waals surface area (Å²) in [4.78, 5) is 0. The summed E-state index contributed by atoms with van der Waals surface area (Å²) < 4.78 is 0. The minimum atomic E-state index is -0.167. The molecule has 0 aromatic heterocycles. The lowest BCUT2D eigenvalue weighted by molar-refractivity contribution is -0.0359. The smallest absolute Gasteiger partial charge is 0.0662 e. The van der Waals surface area contributed by atoms with Crippen molar-refractivity contribution in [2.75, 3.05) is 6.54 Å². The molecule has 2 bridgehead atoms. The summed E-state index contributed by atoms with van der Waals surface area (Å²) in [5.74, 6) is 0.828. The third-order valence-corrected chi connectivity index (χ3v) is 9.46. The average Bonchev–Trinajstić information content (AvgIpc) is 3.37. The van der Waals surface area contributed by atoms with E-state index < -0.39 is 0 Å². The Kier molecular flexibility index (Phi) is 2.09. The van der Waals surface area contributed by atoms with Crippen molar-refractivity contribution in [2.24, 2.45) is 22.2 Å². The van der Waals surface area contributed by atoms with Gasteiger partial charge in [0.1, 0.15) is 0 Å². The summed E-state index contributed by atoms with van der Waals surface area (Å²) in [5.41, 5.74) is 7.32. The lowest BCUT2D eigenvalue weighted by Gasteiger charge is -2.60. The van der Waals surface area contributed by atoms with Gasteiger partial charge in [-0.15, -0.1) is 0 Å². The Labute approximate surface area is 150 Å². The highest BCUT2D eigenvalue weighted by Gasteiger charge is 3.10. The van der Waals surface area contributed by atoms with Crippen molar-refractivity contribution >= 4 is 0 Å². The molecule has 4 fully saturated rings. The van der Waals surface area contributed by atoms with Crippen LogP contribution in [0.2, 0.25) is 0 Å². The molecule has 6 rings (SSSR count). The fourth-order valence-electron chi connectivity index (χ4n) is 8.35. The van der Waals surface area contributed by atoms with Gasteiger partial charge < -0.3 is 5.32 Å². The van der Waals surface area contributed by atoms with Gasteiger partial charge in [0, 0.05) is 22.8 Å². The van der Waals surface area contributed by atoms with Gasteiger partial charge in [-0.1, -0.05) is 62.9 Å². The predicted octanol–water partition coefficient (Wildman–Crippen LogP) is 4.86. The molecule has 3 aliphatic carbocycles. The van der Waals surface area contributed by atoms with Gasteiger partial charge in [0.05, 0.1) is 5.54 Å². The SMILES string of the molecule is C=C1/C(=C\C=C/C)[C@@]2(C)C3[C@]45CNC1(C)c1ccccc1[C@@]4(C)C[C@@]352. The van der Waals surface area contributed by atoms with E-state index in [4.69, 9.17) is 0 Å². The third-order valence-electron chi connectivity index (χ3n) is 9.46. The number of hydrogen-bond donors (Lipinski definition) is 1. The molecule has 2 heterocycles. The van der Waals surface area contributed by atoms with E-state index in [-0.39, 0.29) is 5.54 Å². The largest absolute Gasteiger partial charge is 0.303 e. The number of rotatable bonds is 1. The van der Waals surface area contributed by atoms with Gasteiger partial charge in [0.25, 0.3) is 0 Å². The van der Waals surface area contributed by atoms with Crippen LogP contribution in [0.3, 0.4) is 0 Å². The lowest BCUT2D eigenvalue weighted by Crippen LogP contribution is -2.61. The monoisotopic (exact) mass is 329 g/mol. The number of hydrogen-bond acceptors (Lipinski definition) is 1. The second-order valence-corrected chi connectivity index (χ2v) is 9.70. The predicted molar refractivity (Wildman–Crippen MR) is 102 cm³/mol. The van der Waals surface area contributed by atoms with Gasteiger partial charge in [-0.2, -0.15) is 0 Å². The van der Waals surface area contributed by atoms with Crippen molar-refractivity contribution in [3.8, 4) is 0 Å². The normalized spacial score (nSPS) is 55.1. The van der Waals surface area contributed by atoms with E-state index in [0.717, 1.165) is 12.5 Å². The summed E-state index contributed by atoms with van der Waals surface area (Å²) in [6, 6.07) is 9.18. The van der Waals surface area contributed by atoms with Gasteiger partial charge >= 0.3 is 0 Å². The Hall–Kier alpha value is -1.60. The van der Waals surface area contributed by atoms with Crippen molar-refractivity contribution in [2.45, 2.75) is 45.1 Å². The van der Waals surface area contributed by atoms with Crippen molar-refractivity contribution in [1.29, 1.82) is 0 Å². The molecule has 3 saturated carbocycles. The van der Waals surface area contributed by atoms with Crippen LogP contribution in [0.5, 0.6) is 0 Å². The van der Waals surface area contributed by atoms with Crippen LogP contribution in [0.4, 0.5) is 0 Å². The number of fused-ring (bicyclic) bond motifs is 5. The molecular weight excluding hydrogens is 302 g/mol. The molecule has 1 aromatic rings. The van der Waals surface area contributed by atoms with Crippen LogP contribution in [-0.4, -0.2) is 6.54 Å². The molecule has 1 N–H and O–H groups in total. The average molecular weight is 329 g/mol. The molecule has 25 heavy (non-hydrogen) atoms. The molecule has 5 aliphatic rings. The van der Waals surface area contributed by atoms with E-state index in [0.29, 0.717) is 21.7 Å². The van der Waals surface area contributed by atoms with Crippen molar-refractivity contribution in [1.82, 2.24) is 5.32 Å². The summed E-state index contributed by atoms with van der Waals surface area (Å²) in [6.07, 6.45) is 8.06. The number of allylic oxidation sites excluding steroid dienone is 3. The van der Waals surface area contributed by atoms with E-state index in [2.05, 4.69) is 82.1 Å². The Bertz CT molecular complexity index is 937. The second kappa shape index (κ2) is 3.60. The maximum Gasteiger partial charge on any atom is 0.0662 e. The molecule has 2 aliphatic heterocycles. The van der Waals surface area contributed by atoms with Crippen molar-refractivity contribution < 1.29 is 0 Å². The Balaban J connectivity index is 1.70. The molecule has 0 amide bonds. The third kappa shape index (κ3) is 1.02. The van der Waals surface area contributed by atoms with E-state index in [1.807, 2.05) is 0 Å². The first-order valence-corrected chi connectivity index (χ1v) is 9.74. The lowest BCUT2D eigenvalue weighted by atomic mass is 9.44. The van der Waals surface area contributed by atoms with Crippen molar-refractivity contribution in [3.05, 3.63) is 71.3 Å². The minimum Gasteiger partial charge on any atom is -0.303 e. The maximum absolute atomic E-state index is 4.68. The summed E-state index contributed by atoms with van der Waals surface area (Å²) in [6.45, 7) is 15.4. The highest BCUT2D eigenvalue weighted by molar-refractivity contribution is 5.72. The van der Waals surface area contributed by atoms with E-state index in [1.165, 1.54) is 23.1 Å². The summed E-state index contributed by atoms with van der Waals surface area (Å²) in [5, 5.41) is 4.01. The Morgan fingerprint density at radius 2 is 1.84 bits per heavy atom. The van der Waals surface area contributed by atoms with E-state index in [9.17, 15) is 0 Å². The zero-order valence-electron chi connectivity index (χ0n) is 15.7. The van der Waals surface area contributed by atoms with Gasteiger partial charge in [-0.05, 0) is 53.9 Å². The Morgan fingerprint density at radius 1 is 1.12 bits per heavy atom. The highest BCUT2D eigenvalue weighted by atomic mass is 15.2. The Morgan fingerprint density at radius 3 is 2.52 bits per heavy atom. The number of nitrogens with one attached hydrogen (secondary N) is 1. The molecule has 1 saturated heterocycles. The quantitative estimate of drug-likeness (QED) is 0.776. The first-order chi connectivity index (χ1) is 11.9. The molecule has 2 spiro atoms. The summed E-state index contributed by atoms with van der Waals surface area (Å²) >= 11 is 0. The molecule has 128 valence electrons. The van der Waals surface area contributed by atoms with E-state index >= 15 is 0 Å². The molecule has 0 radical (unpaired) electrons. The molecule has 1 aromatic carbocycles. The summed E-state index contributed by atoms with van der Waals surface area (Å²) in [7, 11) is 0. The molecule has 1 heteroatoms. The van der Waals surface area contributed by atoms with Crippen LogP contribution >= 0.6 is 0 Å². The molecular formula is C24H27N. The standard InChI is InChI=1S/C24H27N/c1-6-7-10-16-15(2)22(5)18-12-9-8-11-17(18)20(3)13-23-19(21(16,23)4)24(20,23)14-25-22/h6-12,19,25H,2,13-14H2,1,3-5H3/b7-6-,16-10+/t19?,20-,21+,22?,23+,24-/m1/s1. The van der Waals surface area contributed by atoms with Crippen LogP contribution in [0.25, 0.3) is 0 Å². The van der Waals surface area contributed by atoms with Crippen LogP contribution in [0.15, 0.2) is 60.2 Å². The van der Waals surface area contributed by atoms with E-state index in [1.54, 1.807) is 5.56 Å².